The van der Waals surface area contributed by atoms with Gasteiger partial charge in [0.1, 0.15) is 0 Å². The highest BCUT2D eigenvalue weighted by Crippen LogP contribution is 2.21. The summed E-state index contributed by atoms with van der Waals surface area (Å²) in [5.74, 6) is 2.55. The number of terminal acetylenes is 1. The van der Waals surface area contributed by atoms with Crippen LogP contribution in [0.15, 0.2) is 65.8 Å². The Morgan fingerprint density at radius 1 is 1.14 bits per heavy atom. The summed E-state index contributed by atoms with van der Waals surface area (Å²) in [6.07, 6.45) is 9.63. The second kappa shape index (κ2) is 8.98. The van der Waals surface area contributed by atoms with Crippen LogP contribution in [0.2, 0.25) is 0 Å². The van der Waals surface area contributed by atoms with Gasteiger partial charge < -0.3 is 5.32 Å². The van der Waals surface area contributed by atoms with Gasteiger partial charge in [-0.15, -0.1) is 6.42 Å². The maximum absolute atomic E-state index is 12.7. The van der Waals surface area contributed by atoms with Gasteiger partial charge in [-0.1, -0.05) is 42.3 Å². The van der Waals surface area contributed by atoms with Crippen molar-refractivity contribution in [2.75, 3.05) is 13.1 Å². The molecule has 0 fully saturated rings. The van der Waals surface area contributed by atoms with Crippen LogP contribution in [0.3, 0.4) is 0 Å². The van der Waals surface area contributed by atoms with Gasteiger partial charge in [0.05, 0.1) is 10.5 Å². The largest absolute Gasteiger partial charge is 0.315 e. The lowest BCUT2D eigenvalue weighted by molar-refractivity contribution is 0.537. The highest BCUT2D eigenvalue weighted by molar-refractivity contribution is 7.89. The second-order valence-electron chi connectivity index (χ2n) is 6.68. The summed E-state index contributed by atoms with van der Waals surface area (Å²) in [5.41, 5.74) is 1.82. The van der Waals surface area contributed by atoms with Gasteiger partial charge in [0.15, 0.2) is 0 Å². The minimum absolute atomic E-state index is 0.193. The van der Waals surface area contributed by atoms with Crippen LogP contribution in [0.4, 0.5) is 0 Å². The van der Waals surface area contributed by atoms with Crippen LogP contribution in [0.5, 0.6) is 0 Å². The van der Waals surface area contributed by atoms with Crippen LogP contribution in [0.1, 0.15) is 18.1 Å². The average molecular weight is 394 g/mol. The average Bonchev–Trinajstić information content (AvgIpc) is 2.70. The first-order chi connectivity index (χ1) is 13.5. The lowest BCUT2D eigenvalue weighted by Gasteiger charge is -2.15. The van der Waals surface area contributed by atoms with Crippen molar-refractivity contribution in [1.29, 1.82) is 0 Å². The molecule has 1 atom stereocenters. The zero-order valence-corrected chi connectivity index (χ0v) is 16.5. The zero-order valence-electron chi connectivity index (χ0n) is 15.7. The van der Waals surface area contributed by atoms with Crippen molar-refractivity contribution in [2.45, 2.75) is 24.3 Å². The van der Waals surface area contributed by atoms with Gasteiger partial charge in [-0.05, 0) is 37.6 Å². The molecule has 6 heteroatoms. The zero-order chi connectivity index (χ0) is 20.0. The molecule has 5 nitrogen and oxygen atoms in total. The molecule has 3 aromatic rings. The van der Waals surface area contributed by atoms with E-state index < -0.39 is 10.0 Å². The molecule has 1 unspecified atom stereocenters. The molecule has 144 valence electrons. The Bertz CT molecular complexity index is 1090. The minimum atomic E-state index is -3.64. The number of rotatable bonds is 8. The molecule has 2 N–H and O–H groups in total. The second-order valence-corrected chi connectivity index (χ2v) is 8.39. The number of benzene rings is 2. The molecule has 28 heavy (non-hydrogen) atoms. The van der Waals surface area contributed by atoms with Crippen molar-refractivity contribution in [3.8, 4) is 12.3 Å². The van der Waals surface area contributed by atoms with E-state index in [4.69, 9.17) is 6.42 Å². The number of aromatic nitrogens is 1. The Kier molecular flexibility index (Phi) is 6.42. The van der Waals surface area contributed by atoms with Crippen molar-refractivity contribution in [1.82, 2.24) is 15.0 Å². The summed E-state index contributed by atoms with van der Waals surface area (Å²) < 4.78 is 28.2. The summed E-state index contributed by atoms with van der Waals surface area (Å²) in [6, 6.07) is 14.8. The molecule has 1 heterocycles. The van der Waals surface area contributed by atoms with E-state index >= 15 is 0 Å². The first-order valence-corrected chi connectivity index (χ1v) is 10.6. The fraction of sp³-hybridized carbons (Fsp3) is 0.227. The molecule has 3 rings (SSSR count). The van der Waals surface area contributed by atoms with E-state index in [2.05, 4.69) is 33.1 Å². The third kappa shape index (κ3) is 4.96. The van der Waals surface area contributed by atoms with E-state index in [1.54, 1.807) is 30.6 Å². The molecule has 0 spiro atoms. The van der Waals surface area contributed by atoms with Gasteiger partial charge in [-0.2, -0.15) is 0 Å². The summed E-state index contributed by atoms with van der Waals surface area (Å²) >= 11 is 0. The Balaban J connectivity index is 1.61. The maximum atomic E-state index is 12.7. The topological polar surface area (TPSA) is 71.1 Å². The summed E-state index contributed by atoms with van der Waals surface area (Å²) in [4.78, 5) is 4.27. The van der Waals surface area contributed by atoms with E-state index in [0.717, 1.165) is 18.4 Å². The molecule has 0 saturated heterocycles. The highest BCUT2D eigenvalue weighted by Gasteiger charge is 2.18. The van der Waals surface area contributed by atoms with Crippen LogP contribution in [0.25, 0.3) is 10.8 Å². The lowest BCUT2D eigenvalue weighted by Crippen LogP contribution is -2.40. The van der Waals surface area contributed by atoms with Gasteiger partial charge in [-0.25, -0.2) is 13.1 Å². The molecule has 0 aliphatic heterocycles. The van der Waals surface area contributed by atoms with Crippen molar-refractivity contribution in [3.05, 3.63) is 72.1 Å². The van der Waals surface area contributed by atoms with E-state index in [1.807, 2.05) is 25.1 Å². The molecule has 2 aromatic carbocycles. The van der Waals surface area contributed by atoms with Crippen molar-refractivity contribution < 1.29 is 8.42 Å². The van der Waals surface area contributed by atoms with Gasteiger partial charge in [-0.3, -0.25) is 4.98 Å². The third-order valence-corrected chi connectivity index (χ3v) is 6.03. The third-order valence-electron chi connectivity index (χ3n) is 4.44. The van der Waals surface area contributed by atoms with Gasteiger partial charge >= 0.3 is 0 Å². The van der Waals surface area contributed by atoms with Crippen molar-refractivity contribution in [3.63, 3.8) is 0 Å². The van der Waals surface area contributed by atoms with Gasteiger partial charge in [0, 0.05) is 35.8 Å². The monoisotopic (exact) mass is 393 g/mol. The number of nitrogens with one attached hydrogen (secondary N) is 2. The molecule has 0 amide bonds. The smallest absolute Gasteiger partial charge is 0.240 e. The van der Waals surface area contributed by atoms with Crippen LogP contribution >= 0.6 is 0 Å². The summed E-state index contributed by atoms with van der Waals surface area (Å²) in [5, 5.41) is 4.81. The quantitative estimate of drug-likeness (QED) is 0.456. The lowest BCUT2D eigenvalue weighted by atomic mass is 10.1. The molecule has 0 bridgehead atoms. The van der Waals surface area contributed by atoms with Crippen molar-refractivity contribution in [2.24, 2.45) is 0 Å². The number of fused-ring (bicyclic) bond motifs is 1. The molecule has 1 aromatic heterocycles. The normalized spacial score (nSPS) is 12.6. The molecule has 0 aliphatic carbocycles. The number of hydrogen-bond donors (Lipinski definition) is 2. The number of hydrogen-bond acceptors (Lipinski definition) is 4. The minimum Gasteiger partial charge on any atom is -0.315 e. The highest BCUT2D eigenvalue weighted by atomic mass is 32.2. The van der Waals surface area contributed by atoms with Crippen LogP contribution in [-0.4, -0.2) is 32.5 Å². The van der Waals surface area contributed by atoms with Gasteiger partial charge in [0.2, 0.25) is 10.0 Å². The fourth-order valence-corrected chi connectivity index (χ4v) is 4.26. The first kappa shape index (κ1) is 20.0. The molecule has 0 aliphatic rings. The predicted molar refractivity (Wildman–Crippen MR) is 112 cm³/mol. The Labute approximate surface area is 166 Å². The maximum Gasteiger partial charge on any atom is 0.240 e. The van der Waals surface area contributed by atoms with E-state index in [1.165, 1.54) is 5.56 Å². The Morgan fingerprint density at radius 2 is 1.93 bits per heavy atom. The Morgan fingerprint density at radius 3 is 2.68 bits per heavy atom. The van der Waals surface area contributed by atoms with Gasteiger partial charge in [0.25, 0.3) is 0 Å². The number of pyridine rings is 1. The van der Waals surface area contributed by atoms with E-state index in [-0.39, 0.29) is 10.9 Å². The Hall–Kier alpha value is -2.72. The van der Waals surface area contributed by atoms with Crippen molar-refractivity contribution >= 4 is 20.8 Å². The standard InChI is InChI=1S/C22H23N3O2S/c1-3-19-15-24-16-20-9-10-21(13-22(19)20)28(26,27)25-17(2)14-23-12-11-18-7-5-4-6-8-18/h1,4-10,13,15-17,23,25H,11-12,14H2,2H3. The first-order valence-electron chi connectivity index (χ1n) is 9.11. The molecule has 0 saturated carbocycles. The molecular formula is C22H23N3O2S. The van der Waals surface area contributed by atoms with E-state index in [9.17, 15) is 8.42 Å². The molecule has 0 radical (unpaired) electrons. The number of nitrogens with zero attached hydrogens (tertiary/aromatic N) is 1. The summed E-state index contributed by atoms with van der Waals surface area (Å²) in [6.45, 7) is 3.16. The summed E-state index contributed by atoms with van der Waals surface area (Å²) in [7, 11) is -3.64. The van der Waals surface area contributed by atoms with E-state index in [0.29, 0.717) is 17.5 Å². The number of sulfonamides is 1. The fourth-order valence-electron chi connectivity index (χ4n) is 3.00. The predicted octanol–water partition coefficient (Wildman–Crippen LogP) is 2.72. The van der Waals surface area contributed by atoms with Crippen LogP contribution in [-0.2, 0) is 16.4 Å². The molecular weight excluding hydrogens is 370 g/mol. The SMILES string of the molecule is C#Cc1cncc2ccc(S(=O)(=O)NC(C)CNCCc3ccccc3)cc12. The van der Waals surface area contributed by atoms with Crippen LogP contribution in [0, 0.1) is 12.3 Å². The van der Waals surface area contributed by atoms with Crippen LogP contribution < -0.4 is 10.0 Å².